The van der Waals surface area contributed by atoms with E-state index in [0.717, 1.165) is 17.0 Å². The first kappa shape index (κ1) is 17.2. The Morgan fingerprint density at radius 3 is 2.77 bits per heavy atom. The number of likely N-dealkylation sites (tertiary alicyclic amines) is 1. The molecule has 1 aliphatic heterocycles. The molecule has 1 amide bonds. The SMILES string of the molecule is O=C(c1[nH]nc(-c2ccnnc2)c1Br)N1CC[C@H](c2ccc(Cl)cc2)C1. The maximum atomic E-state index is 12.9. The van der Waals surface area contributed by atoms with E-state index in [4.69, 9.17) is 11.6 Å². The molecule has 6 nitrogen and oxygen atoms in total. The zero-order valence-corrected chi connectivity index (χ0v) is 16.0. The van der Waals surface area contributed by atoms with Gasteiger partial charge in [-0.25, -0.2) is 0 Å². The van der Waals surface area contributed by atoms with Crippen LogP contribution in [0.3, 0.4) is 0 Å². The smallest absolute Gasteiger partial charge is 0.273 e. The second kappa shape index (κ2) is 7.17. The van der Waals surface area contributed by atoms with Crippen LogP contribution in [-0.4, -0.2) is 44.3 Å². The zero-order chi connectivity index (χ0) is 18.1. The fourth-order valence-electron chi connectivity index (χ4n) is 3.20. The minimum atomic E-state index is -0.0610. The van der Waals surface area contributed by atoms with E-state index in [1.54, 1.807) is 18.5 Å². The van der Waals surface area contributed by atoms with E-state index < -0.39 is 0 Å². The van der Waals surface area contributed by atoms with Crippen molar-refractivity contribution in [2.75, 3.05) is 13.1 Å². The molecule has 1 fully saturated rings. The van der Waals surface area contributed by atoms with Gasteiger partial charge in [0.2, 0.25) is 0 Å². The standard InChI is InChI=1S/C18H15BrClN5O/c19-15-16(12-5-7-21-22-9-12)23-24-17(15)18(26)25-8-6-13(10-25)11-1-3-14(20)4-2-11/h1-5,7,9,13H,6,8,10H2,(H,23,24)/t13-/m0/s1. The molecule has 1 aliphatic rings. The minimum absolute atomic E-state index is 0.0610. The summed E-state index contributed by atoms with van der Waals surface area (Å²) in [4.78, 5) is 14.8. The molecular formula is C18H15BrClN5O. The molecule has 3 heterocycles. The summed E-state index contributed by atoms with van der Waals surface area (Å²) in [6.07, 6.45) is 4.14. The Balaban J connectivity index is 1.52. The van der Waals surface area contributed by atoms with E-state index in [9.17, 15) is 4.79 Å². The average molecular weight is 433 g/mol. The summed E-state index contributed by atoms with van der Waals surface area (Å²) in [7, 11) is 0. The van der Waals surface area contributed by atoms with Crippen LogP contribution in [0.25, 0.3) is 11.3 Å². The number of aromatic amines is 1. The molecule has 3 aromatic rings. The summed E-state index contributed by atoms with van der Waals surface area (Å²) in [5.74, 6) is 0.260. The summed E-state index contributed by atoms with van der Waals surface area (Å²) < 4.78 is 0.644. The second-order valence-electron chi connectivity index (χ2n) is 6.18. The molecule has 0 radical (unpaired) electrons. The first-order chi connectivity index (χ1) is 12.6. The van der Waals surface area contributed by atoms with Crippen LogP contribution in [0.1, 0.15) is 28.4 Å². The molecule has 1 atom stereocenters. The largest absolute Gasteiger partial charge is 0.337 e. The number of halogens is 2. The Kier molecular flexibility index (Phi) is 4.74. The van der Waals surface area contributed by atoms with Crippen LogP contribution in [0.5, 0.6) is 0 Å². The number of hydrogen-bond acceptors (Lipinski definition) is 4. The maximum Gasteiger partial charge on any atom is 0.273 e. The molecule has 0 spiro atoms. The third-order valence-corrected chi connectivity index (χ3v) is 5.62. The fourth-order valence-corrected chi connectivity index (χ4v) is 3.90. The lowest BCUT2D eigenvalue weighted by molar-refractivity contribution is 0.0784. The van der Waals surface area contributed by atoms with Crippen molar-refractivity contribution in [1.82, 2.24) is 25.3 Å². The molecule has 0 unspecified atom stereocenters. The van der Waals surface area contributed by atoms with Gasteiger partial charge in [0.1, 0.15) is 11.4 Å². The number of hydrogen-bond donors (Lipinski definition) is 1. The molecule has 132 valence electrons. The van der Waals surface area contributed by atoms with Gasteiger partial charge in [-0.05, 0) is 46.1 Å². The van der Waals surface area contributed by atoms with Gasteiger partial charge in [0, 0.05) is 29.6 Å². The lowest BCUT2D eigenvalue weighted by Gasteiger charge is -2.16. The molecule has 1 saturated heterocycles. The predicted octanol–water partition coefficient (Wildman–Crippen LogP) is 3.91. The second-order valence-corrected chi connectivity index (χ2v) is 7.41. The van der Waals surface area contributed by atoms with E-state index in [-0.39, 0.29) is 5.91 Å². The average Bonchev–Trinajstić information content (AvgIpc) is 3.30. The van der Waals surface area contributed by atoms with Gasteiger partial charge in [0.05, 0.1) is 16.9 Å². The fraction of sp³-hybridized carbons (Fsp3) is 0.222. The highest BCUT2D eigenvalue weighted by Gasteiger charge is 2.30. The molecule has 1 aromatic carbocycles. The Labute approximate surface area is 163 Å². The van der Waals surface area contributed by atoms with E-state index in [2.05, 4.69) is 36.3 Å². The number of carbonyl (C=O) groups excluding carboxylic acids is 1. The van der Waals surface area contributed by atoms with Crippen LogP contribution >= 0.6 is 27.5 Å². The predicted molar refractivity (Wildman–Crippen MR) is 102 cm³/mol. The number of carbonyl (C=O) groups is 1. The van der Waals surface area contributed by atoms with Crippen LogP contribution in [0.4, 0.5) is 0 Å². The summed E-state index contributed by atoms with van der Waals surface area (Å²) in [6, 6.07) is 9.64. The molecule has 0 saturated carbocycles. The maximum absolute atomic E-state index is 12.9. The minimum Gasteiger partial charge on any atom is -0.337 e. The van der Waals surface area contributed by atoms with Crippen LogP contribution < -0.4 is 0 Å². The highest BCUT2D eigenvalue weighted by Crippen LogP contribution is 2.32. The number of H-pyrrole nitrogens is 1. The third kappa shape index (κ3) is 3.24. The number of amides is 1. The summed E-state index contributed by atoms with van der Waals surface area (Å²) in [6.45, 7) is 1.39. The first-order valence-corrected chi connectivity index (χ1v) is 9.36. The van der Waals surface area contributed by atoms with Crippen molar-refractivity contribution in [3.05, 3.63) is 63.5 Å². The van der Waals surface area contributed by atoms with Crippen molar-refractivity contribution < 1.29 is 4.79 Å². The van der Waals surface area contributed by atoms with Crippen LogP contribution in [0.15, 0.2) is 47.2 Å². The van der Waals surface area contributed by atoms with Gasteiger partial charge in [-0.15, -0.1) is 0 Å². The van der Waals surface area contributed by atoms with E-state index in [1.165, 1.54) is 5.56 Å². The molecule has 4 rings (SSSR count). The van der Waals surface area contributed by atoms with Gasteiger partial charge < -0.3 is 4.90 Å². The molecular weight excluding hydrogens is 418 g/mol. The first-order valence-electron chi connectivity index (χ1n) is 8.19. The normalized spacial score (nSPS) is 16.8. The van der Waals surface area contributed by atoms with Crippen LogP contribution in [-0.2, 0) is 0 Å². The van der Waals surface area contributed by atoms with Crippen LogP contribution in [0, 0.1) is 0 Å². The van der Waals surface area contributed by atoms with Crippen molar-refractivity contribution in [1.29, 1.82) is 0 Å². The van der Waals surface area contributed by atoms with Gasteiger partial charge >= 0.3 is 0 Å². The lowest BCUT2D eigenvalue weighted by atomic mass is 9.99. The molecule has 2 aromatic heterocycles. The highest BCUT2D eigenvalue weighted by atomic mass is 79.9. The lowest BCUT2D eigenvalue weighted by Crippen LogP contribution is -2.29. The summed E-state index contributed by atoms with van der Waals surface area (Å²) in [5, 5.41) is 15.5. The number of nitrogens with one attached hydrogen (secondary N) is 1. The van der Waals surface area contributed by atoms with Gasteiger partial charge in [0.15, 0.2) is 0 Å². The number of nitrogens with zero attached hydrogens (tertiary/aromatic N) is 4. The van der Waals surface area contributed by atoms with Gasteiger partial charge in [0.25, 0.3) is 5.91 Å². The monoisotopic (exact) mass is 431 g/mol. The van der Waals surface area contributed by atoms with Crippen molar-refractivity contribution in [2.45, 2.75) is 12.3 Å². The van der Waals surface area contributed by atoms with Crippen molar-refractivity contribution in [3.8, 4) is 11.3 Å². The van der Waals surface area contributed by atoms with E-state index >= 15 is 0 Å². The summed E-state index contributed by atoms with van der Waals surface area (Å²) in [5.41, 5.74) is 3.10. The Hall–Kier alpha value is -2.25. The Morgan fingerprint density at radius 2 is 2.04 bits per heavy atom. The summed E-state index contributed by atoms with van der Waals surface area (Å²) >= 11 is 9.46. The molecule has 8 heteroatoms. The number of rotatable bonds is 3. The molecule has 1 N–H and O–H groups in total. The number of benzene rings is 1. The number of aromatic nitrogens is 4. The van der Waals surface area contributed by atoms with Gasteiger partial charge in [-0.1, -0.05) is 23.7 Å². The van der Waals surface area contributed by atoms with E-state index in [0.29, 0.717) is 34.9 Å². The quantitative estimate of drug-likeness (QED) is 0.681. The Morgan fingerprint density at radius 1 is 1.23 bits per heavy atom. The Bertz CT molecular complexity index is 929. The molecule has 0 bridgehead atoms. The van der Waals surface area contributed by atoms with Gasteiger partial charge in [-0.3, -0.25) is 9.89 Å². The van der Waals surface area contributed by atoms with Crippen molar-refractivity contribution in [2.24, 2.45) is 0 Å². The zero-order valence-electron chi connectivity index (χ0n) is 13.7. The van der Waals surface area contributed by atoms with E-state index in [1.807, 2.05) is 29.2 Å². The molecule has 26 heavy (non-hydrogen) atoms. The van der Waals surface area contributed by atoms with Gasteiger partial charge in [-0.2, -0.15) is 15.3 Å². The van der Waals surface area contributed by atoms with Crippen molar-refractivity contribution in [3.63, 3.8) is 0 Å². The topological polar surface area (TPSA) is 74.8 Å². The van der Waals surface area contributed by atoms with Crippen LogP contribution in [0.2, 0.25) is 5.02 Å². The van der Waals surface area contributed by atoms with Crippen molar-refractivity contribution >= 4 is 33.4 Å². The third-order valence-electron chi connectivity index (χ3n) is 4.60. The highest BCUT2D eigenvalue weighted by molar-refractivity contribution is 9.10. The molecule has 0 aliphatic carbocycles.